The first-order valence-corrected chi connectivity index (χ1v) is 13.1. The van der Waals surface area contributed by atoms with E-state index in [9.17, 15) is 9.59 Å². The lowest BCUT2D eigenvalue weighted by Crippen LogP contribution is -2.18. The molecule has 1 aromatic heterocycles. The molecule has 0 fully saturated rings. The number of rotatable bonds is 8. The van der Waals surface area contributed by atoms with Gasteiger partial charge in [-0.3, -0.25) is 4.79 Å². The third-order valence-electron chi connectivity index (χ3n) is 5.97. The Morgan fingerprint density at radius 2 is 1.65 bits per heavy atom. The minimum absolute atomic E-state index is 0.276. The maximum absolute atomic E-state index is 13.3. The topological polar surface area (TPSA) is 92.8 Å². The highest BCUT2D eigenvalue weighted by molar-refractivity contribution is 6.39. The minimum atomic E-state index is -0.496. The SMILES string of the molecule is CCOc1cc(C=NNC(=O)c2[nH]c3c(Cl)cc(Cl)cc3c2-c2ccccc2)ccc1OC(=O)c1ccccc1. The number of H-pyrrole nitrogens is 1. The summed E-state index contributed by atoms with van der Waals surface area (Å²) in [6, 6.07) is 26.5. The third-order valence-corrected chi connectivity index (χ3v) is 6.49. The number of hydrogen-bond acceptors (Lipinski definition) is 5. The van der Waals surface area contributed by atoms with Gasteiger partial charge in [0.05, 0.1) is 28.9 Å². The number of halogens is 2. The molecule has 40 heavy (non-hydrogen) atoms. The number of ether oxygens (including phenoxy) is 2. The summed E-state index contributed by atoms with van der Waals surface area (Å²) in [6.07, 6.45) is 1.47. The normalized spacial score (nSPS) is 11.1. The second-order valence-electron chi connectivity index (χ2n) is 8.65. The lowest BCUT2D eigenvalue weighted by molar-refractivity contribution is 0.0728. The standard InChI is InChI=1S/C31H23Cl2N3O4/c1-2-39-26-15-19(13-14-25(26)40-31(38)21-11-7-4-8-12-21)18-34-36-30(37)29-27(20-9-5-3-6-10-20)23-16-22(32)17-24(33)28(23)35-29/h3-18,35H,2H2,1H3,(H,36,37). The number of amides is 1. The smallest absolute Gasteiger partial charge is 0.343 e. The van der Waals surface area contributed by atoms with Gasteiger partial charge in [0.1, 0.15) is 5.69 Å². The van der Waals surface area contributed by atoms with Crippen LogP contribution in [0, 0.1) is 0 Å². The van der Waals surface area contributed by atoms with Crippen molar-refractivity contribution in [3.8, 4) is 22.6 Å². The highest BCUT2D eigenvalue weighted by Crippen LogP contribution is 2.37. The molecule has 5 rings (SSSR count). The predicted molar refractivity (Wildman–Crippen MR) is 158 cm³/mol. The Labute approximate surface area is 240 Å². The fraction of sp³-hybridized carbons (Fsp3) is 0.0645. The molecular formula is C31H23Cl2N3O4. The van der Waals surface area contributed by atoms with Gasteiger partial charge in [0.2, 0.25) is 0 Å². The first kappa shape index (κ1) is 27.0. The summed E-state index contributed by atoms with van der Waals surface area (Å²) >= 11 is 12.7. The van der Waals surface area contributed by atoms with Crippen LogP contribution >= 0.6 is 23.2 Å². The number of carbonyl (C=O) groups is 2. The summed E-state index contributed by atoms with van der Waals surface area (Å²) in [7, 11) is 0. The molecular weight excluding hydrogens is 549 g/mol. The van der Waals surface area contributed by atoms with E-state index < -0.39 is 11.9 Å². The average Bonchev–Trinajstić information content (AvgIpc) is 3.35. The molecule has 0 aliphatic heterocycles. The van der Waals surface area contributed by atoms with Crippen LogP contribution in [0.4, 0.5) is 0 Å². The summed E-state index contributed by atoms with van der Waals surface area (Å²) in [5.74, 6) is -0.310. The van der Waals surface area contributed by atoms with Crippen molar-refractivity contribution in [2.24, 2.45) is 5.10 Å². The van der Waals surface area contributed by atoms with Crippen LogP contribution < -0.4 is 14.9 Å². The molecule has 0 saturated carbocycles. The Hall–Kier alpha value is -4.59. The number of nitrogens with one attached hydrogen (secondary N) is 2. The number of nitrogens with zero attached hydrogens (tertiary/aromatic N) is 1. The molecule has 0 atom stereocenters. The van der Waals surface area contributed by atoms with Gasteiger partial charge in [0, 0.05) is 16.0 Å². The van der Waals surface area contributed by atoms with Gasteiger partial charge in [-0.05, 0) is 60.5 Å². The molecule has 0 spiro atoms. The van der Waals surface area contributed by atoms with Crippen molar-refractivity contribution in [3.63, 3.8) is 0 Å². The molecule has 7 nitrogen and oxygen atoms in total. The van der Waals surface area contributed by atoms with Crippen LogP contribution in [0.1, 0.15) is 33.3 Å². The Balaban J connectivity index is 1.38. The van der Waals surface area contributed by atoms with Gasteiger partial charge < -0.3 is 14.5 Å². The van der Waals surface area contributed by atoms with Crippen molar-refractivity contribution in [3.05, 3.63) is 118 Å². The van der Waals surface area contributed by atoms with Crippen LogP contribution in [0.15, 0.2) is 96.1 Å². The lowest BCUT2D eigenvalue weighted by atomic mass is 10.0. The fourth-order valence-corrected chi connectivity index (χ4v) is 4.75. The second-order valence-corrected chi connectivity index (χ2v) is 9.49. The highest BCUT2D eigenvalue weighted by Gasteiger charge is 2.21. The number of esters is 1. The van der Waals surface area contributed by atoms with Crippen LogP contribution in [-0.4, -0.2) is 29.7 Å². The number of carbonyl (C=O) groups excluding carboxylic acids is 2. The molecule has 0 bridgehead atoms. The number of hydrazone groups is 1. The summed E-state index contributed by atoms with van der Waals surface area (Å²) in [4.78, 5) is 28.9. The first-order chi connectivity index (χ1) is 19.4. The van der Waals surface area contributed by atoms with Gasteiger partial charge in [-0.1, -0.05) is 71.7 Å². The second kappa shape index (κ2) is 12.1. The van der Waals surface area contributed by atoms with E-state index in [-0.39, 0.29) is 5.75 Å². The molecule has 0 radical (unpaired) electrons. The number of fused-ring (bicyclic) bond motifs is 1. The van der Waals surface area contributed by atoms with E-state index >= 15 is 0 Å². The van der Waals surface area contributed by atoms with Crippen LogP contribution in [0.25, 0.3) is 22.0 Å². The van der Waals surface area contributed by atoms with Gasteiger partial charge in [-0.2, -0.15) is 5.10 Å². The Morgan fingerprint density at radius 1 is 0.925 bits per heavy atom. The van der Waals surface area contributed by atoms with Crippen molar-refractivity contribution < 1.29 is 19.1 Å². The summed E-state index contributed by atoms with van der Waals surface area (Å²) in [5, 5.41) is 5.72. The van der Waals surface area contributed by atoms with Crippen LogP contribution in [-0.2, 0) is 0 Å². The predicted octanol–water partition coefficient (Wildman–Crippen LogP) is 7.52. The Kier molecular flexibility index (Phi) is 8.15. The lowest BCUT2D eigenvalue weighted by Gasteiger charge is -2.11. The van der Waals surface area contributed by atoms with Gasteiger partial charge in [-0.15, -0.1) is 0 Å². The number of benzene rings is 4. The molecule has 2 N–H and O–H groups in total. The quantitative estimate of drug-likeness (QED) is 0.0871. The van der Waals surface area contributed by atoms with Gasteiger partial charge in [0.25, 0.3) is 5.91 Å². The Morgan fingerprint density at radius 3 is 2.38 bits per heavy atom. The van der Waals surface area contributed by atoms with Crippen LogP contribution in [0.5, 0.6) is 11.5 Å². The first-order valence-electron chi connectivity index (χ1n) is 12.4. The van der Waals surface area contributed by atoms with Crippen LogP contribution in [0.3, 0.4) is 0 Å². The number of aromatic amines is 1. The molecule has 5 aromatic rings. The maximum atomic E-state index is 13.3. The fourth-order valence-electron chi connectivity index (χ4n) is 4.21. The molecule has 0 aliphatic rings. The summed E-state index contributed by atoms with van der Waals surface area (Å²) in [5.41, 5.74) is 5.99. The zero-order valence-electron chi connectivity index (χ0n) is 21.3. The number of hydrogen-bond donors (Lipinski definition) is 2. The van der Waals surface area contributed by atoms with E-state index in [2.05, 4.69) is 15.5 Å². The minimum Gasteiger partial charge on any atom is -0.490 e. The van der Waals surface area contributed by atoms with Crippen molar-refractivity contribution in [2.45, 2.75) is 6.92 Å². The van der Waals surface area contributed by atoms with E-state index in [1.54, 1.807) is 54.6 Å². The molecule has 9 heteroatoms. The molecule has 0 saturated heterocycles. The molecule has 0 aliphatic carbocycles. The van der Waals surface area contributed by atoms with E-state index in [4.69, 9.17) is 32.7 Å². The molecule has 1 heterocycles. The van der Waals surface area contributed by atoms with Gasteiger partial charge in [0.15, 0.2) is 11.5 Å². The molecule has 4 aromatic carbocycles. The monoisotopic (exact) mass is 571 g/mol. The van der Waals surface area contributed by atoms with Crippen molar-refractivity contribution in [2.75, 3.05) is 6.61 Å². The van der Waals surface area contributed by atoms with Crippen LogP contribution in [0.2, 0.25) is 10.0 Å². The van der Waals surface area contributed by atoms with Crippen molar-refractivity contribution in [1.82, 2.24) is 10.4 Å². The zero-order chi connectivity index (χ0) is 28.1. The average molecular weight is 572 g/mol. The maximum Gasteiger partial charge on any atom is 0.343 e. The largest absolute Gasteiger partial charge is 0.490 e. The highest BCUT2D eigenvalue weighted by atomic mass is 35.5. The molecule has 0 unspecified atom stereocenters. The zero-order valence-corrected chi connectivity index (χ0v) is 22.8. The van der Waals surface area contributed by atoms with E-state index in [1.807, 2.05) is 43.3 Å². The van der Waals surface area contributed by atoms with Crippen molar-refractivity contribution in [1.29, 1.82) is 0 Å². The molecule has 200 valence electrons. The van der Waals surface area contributed by atoms with E-state index in [0.717, 1.165) is 10.9 Å². The van der Waals surface area contributed by atoms with Gasteiger partial charge in [-0.25, -0.2) is 10.2 Å². The third kappa shape index (κ3) is 5.86. The van der Waals surface area contributed by atoms with E-state index in [0.29, 0.717) is 50.3 Å². The molecule has 1 amide bonds. The Bertz CT molecular complexity index is 1720. The van der Waals surface area contributed by atoms with E-state index in [1.165, 1.54) is 6.21 Å². The summed E-state index contributed by atoms with van der Waals surface area (Å²) in [6.45, 7) is 2.19. The van der Waals surface area contributed by atoms with Crippen molar-refractivity contribution >= 4 is 52.2 Å². The van der Waals surface area contributed by atoms with Gasteiger partial charge >= 0.3 is 5.97 Å². The number of aromatic nitrogens is 1. The summed E-state index contributed by atoms with van der Waals surface area (Å²) < 4.78 is 11.2.